The molecular formula is C17H19ClN2O. The maximum Gasteiger partial charge on any atom is 0.258 e. The minimum absolute atomic E-state index is 0.0402. The zero-order valence-electron chi connectivity index (χ0n) is 12.3. The molecule has 0 aliphatic rings. The third-order valence-corrected chi connectivity index (χ3v) is 3.80. The summed E-state index contributed by atoms with van der Waals surface area (Å²) in [6.07, 6.45) is 0.871. The van der Waals surface area contributed by atoms with Crippen LogP contribution in [0.4, 0.5) is 11.4 Å². The lowest BCUT2D eigenvalue weighted by Gasteiger charge is -2.23. The summed E-state index contributed by atoms with van der Waals surface area (Å²) in [5, 5.41) is 0.606. The Morgan fingerprint density at radius 1 is 1.19 bits per heavy atom. The maximum atomic E-state index is 12.8. The number of rotatable bonds is 4. The molecule has 1 amide bonds. The summed E-state index contributed by atoms with van der Waals surface area (Å²) >= 11 is 6.12. The van der Waals surface area contributed by atoms with E-state index in [0.717, 1.165) is 17.7 Å². The molecule has 0 atom stereocenters. The van der Waals surface area contributed by atoms with Crippen LogP contribution in [0, 0.1) is 6.92 Å². The highest BCUT2D eigenvalue weighted by molar-refractivity contribution is 6.32. The average molecular weight is 303 g/mol. The standard InChI is InChI=1S/C17H19ClN2O/c1-3-11-20(14-9-7-13(19)8-10-14)17(21)15-5-4-6-16(18)12(15)2/h4-10H,3,11,19H2,1-2H3. The molecule has 21 heavy (non-hydrogen) atoms. The number of benzene rings is 2. The Labute approximate surface area is 130 Å². The second kappa shape index (κ2) is 6.64. The van der Waals surface area contributed by atoms with Gasteiger partial charge in [0.1, 0.15) is 0 Å². The molecule has 2 aromatic rings. The van der Waals surface area contributed by atoms with Gasteiger partial charge >= 0.3 is 0 Å². The Bertz CT molecular complexity index is 638. The normalized spacial score (nSPS) is 10.4. The van der Waals surface area contributed by atoms with Gasteiger partial charge in [0.2, 0.25) is 0 Å². The lowest BCUT2D eigenvalue weighted by molar-refractivity contribution is 0.0986. The van der Waals surface area contributed by atoms with Crippen LogP contribution in [-0.2, 0) is 0 Å². The smallest absolute Gasteiger partial charge is 0.258 e. The molecule has 2 aromatic carbocycles. The predicted octanol–water partition coefficient (Wildman–Crippen LogP) is 4.29. The number of nitrogens with zero attached hydrogens (tertiary/aromatic N) is 1. The van der Waals surface area contributed by atoms with Crippen LogP contribution < -0.4 is 10.6 Å². The number of nitrogens with two attached hydrogens (primary N) is 1. The van der Waals surface area contributed by atoms with Crippen LogP contribution in [0.2, 0.25) is 5.02 Å². The number of anilines is 2. The molecule has 0 spiro atoms. The lowest BCUT2D eigenvalue weighted by Crippen LogP contribution is -2.32. The fourth-order valence-corrected chi connectivity index (χ4v) is 2.38. The highest BCUT2D eigenvalue weighted by Crippen LogP contribution is 2.24. The van der Waals surface area contributed by atoms with Crippen molar-refractivity contribution in [3.63, 3.8) is 0 Å². The molecule has 0 heterocycles. The summed E-state index contributed by atoms with van der Waals surface area (Å²) in [4.78, 5) is 14.6. The largest absolute Gasteiger partial charge is 0.399 e. The van der Waals surface area contributed by atoms with Crippen molar-refractivity contribution in [2.24, 2.45) is 0 Å². The highest BCUT2D eigenvalue weighted by atomic mass is 35.5. The van der Waals surface area contributed by atoms with Crippen LogP contribution in [0.5, 0.6) is 0 Å². The van der Waals surface area contributed by atoms with Gasteiger partial charge in [0.15, 0.2) is 0 Å². The van der Waals surface area contributed by atoms with Gasteiger partial charge in [0.25, 0.3) is 5.91 Å². The van der Waals surface area contributed by atoms with Gasteiger partial charge in [-0.15, -0.1) is 0 Å². The van der Waals surface area contributed by atoms with Crippen molar-refractivity contribution < 1.29 is 4.79 Å². The van der Waals surface area contributed by atoms with Crippen molar-refractivity contribution in [2.75, 3.05) is 17.2 Å². The van der Waals surface area contributed by atoms with Gasteiger partial charge in [-0.05, 0) is 55.3 Å². The van der Waals surface area contributed by atoms with Crippen molar-refractivity contribution in [1.82, 2.24) is 0 Å². The summed E-state index contributed by atoms with van der Waals surface area (Å²) in [6.45, 7) is 4.56. The average Bonchev–Trinajstić information content (AvgIpc) is 2.48. The van der Waals surface area contributed by atoms with E-state index in [1.54, 1.807) is 29.2 Å². The van der Waals surface area contributed by atoms with Crippen LogP contribution in [0.25, 0.3) is 0 Å². The van der Waals surface area contributed by atoms with Crippen LogP contribution in [0.15, 0.2) is 42.5 Å². The molecule has 0 aliphatic heterocycles. The summed E-state index contributed by atoms with van der Waals surface area (Å²) in [5.74, 6) is -0.0402. The van der Waals surface area contributed by atoms with Crippen molar-refractivity contribution in [3.05, 3.63) is 58.6 Å². The number of amides is 1. The Hall–Kier alpha value is -2.00. The molecule has 0 fully saturated rings. The number of carbonyl (C=O) groups is 1. The number of hydrogen-bond acceptors (Lipinski definition) is 2. The van der Waals surface area contributed by atoms with Gasteiger partial charge in [-0.25, -0.2) is 0 Å². The number of hydrogen-bond donors (Lipinski definition) is 1. The molecule has 3 nitrogen and oxygen atoms in total. The molecule has 2 N–H and O–H groups in total. The van der Waals surface area contributed by atoms with Gasteiger partial charge in [0, 0.05) is 28.5 Å². The number of halogens is 1. The van der Waals surface area contributed by atoms with Crippen molar-refractivity contribution in [2.45, 2.75) is 20.3 Å². The number of carbonyl (C=O) groups excluding carboxylic acids is 1. The van der Waals surface area contributed by atoms with E-state index in [1.807, 2.05) is 32.0 Å². The van der Waals surface area contributed by atoms with Crippen molar-refractivity contribution in [3.8, 4) is 0 Å². The van der Waals surface area contributed by atoms with E-state index in [4.69, 9.17) is 17.3 Å². The third kappa shape index (κ3) is 3.37. The molecule has 0 saturated carbocycles. The van der Waals surface area contributed by atoms with Crippen LogP contribution >= 0.6 is 11.6 Å². The molecule has 0 unspecified atom stereocenters. The second-order valence-corrected chi connectivity index (χ2v) is 5.37. The first-order valence-electron chi connectivity index (χ1n) is 6.97. The van der Waals surface area contributed by atoms with Gasteiger partial charge in [-0.2, -0.15) is 0 Å². The Morgan fingerprint density at radius 3 is 2.48 bits per heavy atom. The van der Waals surface area contributed by atoms with Crippen LogP contribution in [0.3, 0.4) is 0 Å². The third-order valence-electron chi connectivity index (χ3n) is 3.40. The fourth-order valence-electron chi connectivity index (χ4n) is 2.21. The van der Waals surface area contributed by atoms with E-state index in [9.17, 15) is 4.79 Å². The van der Waals surface area contributed by atoms with Crippen molar-refractivity contribution in [1.29, 1.82) is 0 Å². The molecule has 0 bridgehead atoms. The van der Waals surface area contributed by atoms with E-state index in [-0.39, 0.29) is 5.91 Å². The van der Waals surface area contributed by atoms with E-state index in [2.05, 4.69) is 0 Å². The minimum Gasteiger partial charge on any atom is -0.399 e. The highest BCUT2D eigenvalue weighted by Gasteiger charge is 2.19. The second-order valence-electron chi connectivity index (χ2n) is 4.96. The maximum absolute atomic E-state index is 12.8. The topological polar surface area (TPSA) is 46.3 Å². The molecule has 0 saturated heterocycles. The molecular weight excluding hydrogens is 284 g/mol. The van der Waals surface area contributed by atoms with Gasteiger partial charge in [-0.1, -0.05) is 24.6 Å². The lowest BCUT2D eigenvalue weighted by atomic mass is 10.1. The van der Waals surface area contributed by atoms with E-state index in [0.29, 0.717) is 22.8 Å². The van der Waals surface area contributed by atoms with Gasteiger partial charge < -0.3 is 10.6 Å². The first-order valence-corrected chi connectivity index (χ1v) is 7.35. The van der Waals surface area contributed by atoms with Gasteiger partial charge in [0.05, 0.1) is 0 Å². The van der Waals surface area contributed by atoms with E-state index >= 15 is 0 Å². The monoisotopic (exact) mass is 302 g/mol. The zero-order valence-corrected chi connectivity index (χ0v) is 13.0. The Kier molecular flexibility index (Phi) is 4.86. The Morgan fingerprint density at radius 2 is 1.86 bits per heavy atom. The minimum atomic E-state index is -0.0402. The zero-order chi connectivity index (χ0) is 15.4. The first kappa shape index (κ1) is 15.4. The quantitative estimate of drug-likeness (QED) is 0.857. The predicted molar refractivity (Wildman–Crippen MR) is 89.0 cm³/mol. The molecule has 0 aromatic heterocycles. The molecule has 0 radical (unpaired) electrons. The molecule has 110 valence electrons. The number of nitrogen functional groups attached to an aromatic ring is 1. The molecule has 0 aliphatic carbocycles. The summed E-state index contributed by atoms with van der Waals surface area (Å²) in [5.41, 5.74) is 8.67. The summed E-state index contributed by atoms with van der Waals surface area (Å²) < 4.78 is 0. The van der Waals surface area contributed by atoms with Crippen molar-refractivity contribution >= 4 is 28.9 Å². The van der Waals surface area contributed by atoms with E-state index in [1.165, 1.54) is 0 Å². The fraction of sp³-hybridized carbons (Fsp3) is 0.235. The summed E-state index contributed by atoms with van der Waals surface area (Å²) in [6, 6.07) is 12.7. The first-order chi connectivity index (χ1) is 10.0. The SMILES string of the molecule is CCCN(C(=O)c1cccc(Cl)c1C)c1ccc(N)cc1. The van der Waals surface area contributed by atoms with Crippen LogP contribution in [0.1, 0.15) is 29.3 Å². The Balaban J connectivity index is 2.40. The molecule has 2 rings (SSSR count). The van der Waals surface area contributed by atoms with E-state index < -0.39 is 0 Å². The molecule has 4 heteroatoms. The summed E-state index contributed by atoms with van der Waals surface area (Å²) in [7, 11) is 0. The van der Waals surface area contributed by atoms with Gasteiger partial charge in [-0.3, -0.25) is 4.79 Å². The van der Waals surface area contributed by atoms with Crippen LogP contribution in [-0.4, -0.2) is 12.5 Å².